The van der Waals surface area contributed by atoms with Crippen LogP contribution in [0.15, 0.2) is 41.3 Å². The monoisotopic (exact) mass is 284 g/mol. The number of piperidine rings is 1. The zero-order chi connectivity index (χ0) is 14.7. The lowest BCUT2D eigenvalue weighted by Crippen LogP contribution is -2.32. The first kappa shape index (κ1) is 13.7. The molecule has 2 N–H and O–H groups in total. The largest absolute Gasteiger partial charge is 0.398 e. The van der Waals surface area contributed by atoms with Gasteiger partial charge >= 0.3 is 0 Å². The fourth-order valence-electron chi connectivity index (χ4n) is 2.71. The first-order valence-electron chi connectivity index (χ1n) is 7.39. The molecule has 3 rings (SSSR count). The molecule has 0 aliphatic carbocycles. The molecule has 21 heavy (non-hydrogen) atoms. The minimum Gasteiger partial charge on any atom is -0.398 e. The minimum absolute atomic E-state index is 0.0821. The van der Waals surface area contributed by atoms with Crippen molar-refractivity contribution in [3.8, 4) is 0 Å². The normalized spacial score (nSPS) is 15.1. The number of hydrogen-bond donors (Lipinski definition) is 1. The van der Waals surface area contributed by atoms with Crippen molar-refractivity contribution in [2.45, 2.75) is 25.8 Å². The SMILES string of the molecule is Nc1ccccc1Cn1ncc(N2CCCCC2)cc1=O. The molecule has 0 bridgehead atoms. The van der Waals surface area contributed by atoms with E-state index in [1.165, 1.54) is 23.9 Å². The molecule has 1 aromatic heterocycles. The zero-order valence-corrected chi connectivity index (χ0v) is 12.0. The predicted molar refractivity (Wildman–Crippen MR) is 84.5 cm³/mol. The second-order valence-corrected chi connectivity index (χ2v) is 5.46. The van der Waals surface area contributed by atoms with E-state index in [1.807, 2.05) is 24.3 Å². The maximum Gasteiger partial charge on any atom is 0.269 e. The van der Waals surface area contributed by atoms with Crippen LogP contribution >= 0.6 is 0 Å². The van der Waals surface area contributed by atoms with E-state index in [4.69, 9.17) is 5.73 Å². The first-order chi connectivity index (χ1) is 10.2. The van der Waals surface area contributed by atoms with Crippen LogP contribution < -0.4 is 16.2 Å². The van der Waals surface area contributed by atoms with Gasteiger partial charge in [-0.15, -0.1) is 0 Å². The molecule has 5 heteroatoms. The number of nitrogen functional groups attached to an aromatic ring is 1. The van der Waals surface area contributed by atoms with Crippen LogP contribution in [0, 0.1) is 0 Å². The first-order valence-corrected chi connectivity index (χ1v) is 7.39. The molecule has 5 nitrogen and oxygen atoms in total. The van der Waals surface area contributed by atoms with E-state index in [9.17, 15) is 4.79 Å². The van der Waals surface area contributed by atoms with Crippen LogP contribution in [0.3, 0.4) is 0 Å². The number of para-hydroxylation sites is 1. The Bertz CT molecular complexity index is 674. The second-order valence-electron chi connectivity index (χ2n) is 5.46. The Morgan fingerprint density at radius 2 is 1.90 bits per heavy atom. The van der Waals surface area contributed by atoms with E-state index < -0.39 is 0 Å². The van der Waals surface area contributed by atoms with Crippen LogP contribution in [0.1, 0.15) is 24.8 Å². The molecule has 110 valence electrons. The number of nitrogens with zero attached hydrogens (tertiary/aromatic N) is 3. The average Bonchev–Trinajstić information content (AvgIpc) is 2.52. The molecule has 1 aliphatic heterocycles. The van der Waals surface area contributed by atoms with E-state index in [2.05, 4.69) is 10.00 Å². The topological polar surface area (TPSA) is 64.2 Å². The third-order valence-corrected chi connectivity index (χ3v) is 3.95. The van der Waals surface area contributed by atoms with Crippen molar-refractivity contribution in [2.75, 3.05) is 23.7 Å². The van der Waals surface area contributed by atoms with Crippen molar-refractivity contribution in [1.29, 1.82) is 0 Å². The maximum absolute atomic E-state index is 12.2. The summed E-state index contributed by atoms with van der Waals surface area (Å²) in [7, 11) is 0. The molecule has 0 atom stereocenters. The summed E-state index contributed by atoms with van der Waals surface area (Å²) in [6.45, 7) is 2.43. The Morgan fingerprint density at radius 3 is 2.62 bits per heavy atom. The number of nitrogens with two attached hydrogens (primary N) is 1. The quantitative estimate of drug-likeness (QED) is 0.874. The molecule has 0 radical (unpaired) electrons. The molecule has 1 aromatic carbocycles. The van der Waals surface area contributed by atoms with Crippen LogP contribution in [-0.4, -0.2) is 22.9 Å². The van der Waals surface area contributed by atoms with Crippen LogP contribution in [0.25, 0.3) is 0 Å². The Labute approximate surface area is 124 Å². The summed E-state index contributed by atoms with van der Waals surface area (Å²) < 4.78 is 1.46. The van der Waals surface area contributed by atoms with Gasteiger partial charge in [0.2, 0.25) is 0 Å². The standard InChI is InChI=1S/C16H20N4O/c17-15-7-3-2-6-13(15)12-20-16(21)10-14(11-18-20)19-8-4-1-5-9-19/h2-3,6-7,10-11H,1,4-5,8-9,12,17H2. The highest BCUT2D eigenvalue weighted by Gasteiger charge is 2.12. The van der Waals surface area contributed by atoms with Crippen LogP contribution in [0.5, 0.6) is 0 Å². The molecule has 1 fully saturated rings. The summed E-state index contributed by atoms with van der Waals surface area (Å²) in [6, 6.07) is 9.23. The second kappa shape index (κ2) is 5.99. The lowest BCUT2D eigenvalue weighted by atomic mass is 10.1. The van der Waals surface area contributed by atoms with Gasteiger partial charge in [-0.3, -0.25) is 4.79 Å². The molecule has 0 amide bonds. The van der Waals surface area contributed by atoms with Gasteiger partial charge in [0.15, 0.2) is 0 Å². The Hall–Kier alpha value is -2.30. The number of anilines is 2. The molecule has 1 saturated heterocycles. The van der Waals surface area contributed by atoms with Gasteiger partial charge in [0.25, 0.3) is 5.56 Å². The molecule has 2 heterocycles. The molecule has 0 spiro atoms. The van der Waals surface area contributed by atoms with Gasteiger partial charge in [-0.1, -0.05) is 18.2 Å². The van der Waals surface area contributed by atoms with Gasteiger partial charge in [-0.25, -0.2) is 4.68 Å². The maximum atomic E-state index is 12.2. The fraction of sp³-hybridized carbons (Fsp3) is 0.375. The summed E-state index contributed by atoms with van der Waals surface area (Å²) >= 11 is 0. The number of benzene rings is 1. The molecular weight excluding hydrogens is 264 g/mol. The highest BCUT2D eigenvalue weighted by Crippen LogP contribution is 2.17. The van der Waals surface area contributed by atoms with Gasteiger partial charge in [0.1, 0.15) is 0 Å². The predicted octanol–water partition coefficient (Wildman–Crippen LogP) is 1.86. The summed E-state index contributed by atoms with van der Waals surface area (Å²) in [5.74, 6) is 0. The van der Waals surface area contributed by atoms with Gasteiger partial charge in [-0.05, 0) is 30.9 Å². The van der Waals surface area contributed by atoms with Crippen molar-refractivity contribution < 1.29 is 0 Å². The van der Waals surface area contributed by atoms with Gasteiger partial charge in [-0.2, -0.15) is 5.10 Å². The van der Waals surface area contributed by atoms with Crippen LogP contribution in [-0.2, 0) is 6.54 Å². The number of aromatic nitrogens is 2. The van der Waals surface area contributed by atoms with Crippen LogP contribution in [0.2, 0.25) is 0 Å². The van der Waals surface area contributed by atoms with Gasteiger partial charge in [0, 0.05) is 24.8 Å². The third kappa shape index (κ3) is 3.07. The van der Waals surface area contributed by atoms with Crippen molar-refractivity contribution >= 4 is 11.4 Å². The lowest BCUT2D eigenvalue weighted by molar-refractivity contribution is 0.571. The zero-order valence-electron chi connectivity index (χ0n) is 12.0. The molecular formula is C16H20N4O. The molecule has 0 unspecified atom stereocenters. The summed E-state index contributed by atoms with van der Waals surface area (Å²) in [5.41, 5.74) is 8.36. The lowest BCUT2D eigenvalue weighted by Gasteiger charge is -2.28. The minimum atomic E-state index is -0.0821. The highest BCUT2D eigenvalue weighted by molar-refractivity contribution is 5.47. The number of rotatable bonds is 3. The molecule has 1 aliphatic rings. The highest BCUT2D eigenvalue weighted by atomic mass is 16.1. The Kier molecular flexibility index (Phi) is 3.90. The molecule has 0 saturated carbocycles. The fourth-order valence-corrected chi connectivity index (χ4v) is 2.71. The van der Waals surface area contributed by atoms with Crippen molar-refractivity contribution in [3.05, 3.63) is 52.4 Å². The van der Waals surface area contributed by atoms with Crippen molar-refractivity contribution in [2.24, 2.45) is 0 Å². The summed E-state index contributed by atoms with van der Waals surface area (Å²) in [5, 5.41) is 4.30. The smallest absolute Gasteiger partial charge is 0.269 e. The van der Waals surface area contributed by atoms with Crippen molar-refractivity contribution in [1.82, 2.24) is 9.78 Å². The van der Waals surface area contributed by atoms with E-state index in [-0.39, 0.29) is 5.56 Å². The van der Waals surface area contributed by atoms with Gasteiger partial charge < -0.3 is 10.6 Å². The Balaban J connectivity index is 1.81. The summed E-state index contributed by atoms with van der Waals surface area (Å²) in [4.78, 5) is 14.5. The summed E-state index contributed by atoms with van der Waals surface area (Å²) in [6.07, 6.45) is 5.42. The van der Waals surface area contributed by atoms with E-state index in [0.29, 0.717) is 12.2 Å². The number of hydrogen-bond acceptors (Lipinski definition) is 4. The molecule has 2 aromatic rings. The van der Waals surface area contributed by atoms with Gasteiger partial charge in [0.05, 0.1) is 18.4 Å². The van der Waals surface area contributed by atoms with E-state index in [1.54, 1.807) is 12.3 Å². The van der Waals surface area contributed by atoms with Crippen LogP contribution in [0.4, 0.5) is 11.4 Å². The third-order valence-electron chi connectivity index (χ3n) is 3.95. The van der Waals surface area contributed by atoms with Crippen molar-refractivity contribution in [3.63, 3.8) is 0 Å². The van der Waals surface area contributed by atoms with E-state index in [0.717, 1.165) is 24.3 Å². The van der Waals surface area contributed by atoms with E-state index >= 15 is 0 Å². The average molecular weight is 284 g/mol. The Morgan fingerprint density at radius 1 is 1.14 bits per heavy atom.